The van der Waals surface area contributed by atoms with Gasteiger partial charge in [0.25, 0.3) is 0 Å². The molecule has 0 radical (unpaired) electrons. The number of thioether (sulfide) groups is 1. The van der Waals surface area contributed by atoms with Gasteiger partial charge in [0.2, 0.25) is 0 Å². The third-order valence-corrected chi connectivity index (χ3v) is 3.79. The van der Waals surface area contributed by atoms with Crippen LogP contribution in [-0.2, 0) is 0 Å². The highest BCUT2D eigenvalue weighted by Crippen LogP contribution is 2.31. The van der Waals surface area contributed by atoms with Gasteiger partial charge in [-0.2, -0.15) is 0 Å². The van der Waals surface area contributed by atoms with E-state index < -0.39 is 5.44 Å². The molecule has 0 spiro atoms. The number of aliphatic hydroxyl groups is 1. The second kappa shape index (κ2) is 4.47. The van der Waals surface area contributed by atoms with Crippen LogP contribution in [0, 0.1) is 0 Å². The Balaban J connectivity index is 2.50. The largest absolute Gasteiger partial charge is 0.381 e. The lowest BCUT2D eigenvalue weighted by atomic mass is 10.7. The van der Waals surface area contributed by atoms with Crippen LogP contribution in [0.3, 0.4) is 0 Å². The summed E-state index contributed by atoms with van der Waals surface area (Å²) in [5.74, 6) is 0. The molecule has 0 aliphatic heterocycles. The Morgan fingerprint density at radius 3 is 2.91 bits per heavy atom. The predicted octanol–water partition coefficient (Wildman–Crippen LogP) is 1.88. The minimum Gasteiger partial charge on any atom is -0.381 e. The fourth-order valence-electron chi connectivity index (χ4n) is 0.543. The van der Waals surface area contributed by atoms with E-state index in [-0.39, 0.29) is 0 Å². The molecule has 5 heteroatoms. The highest BCUT2D eigenvalue weighted by atomic mass is 79.9. The first kappa shape index (κ1) is 9.54. The maximum atomic E-state index is 9.15. The van der Waals surface area contributed by atoms with Gasteiger partial charge in [-0.15, -0.1) is 11.3 Å². The normalized spacial score (nSPS) is 13.4. The van der Waals surface area contributed by atoms with Crippen LogP contribution in [0.4, 0.5) is 0 Å². The Kier molecular flexibility index (Phi) is 3.88. The third-order valence-electron chi connectivity index (χ3n) is 1.00. The van der Waals surface area contributed by atoms with Crippen molar-refractivity contribution in [2.24, 2.45) is 5.73 Å². The topological polar surface area (TPSA) is 46.2 Å². The zero-order chi connectivity index (χ0) is 8.27. The monoisotopic (exact) mass is 253 g/mol. The molecule has 0 saturated heterocycles. The SMILES string of the molecule is NCC(O)Sc1ccc(Br)s1. The van der Waals surface area contributed by atoms with Crippen molar-refractivity contribution >= 4 is 39.0 Å². The van der Waals surface area contributed by atoms with Gasteiger partial charge in [0.05, 0.1) is 8.00 Å². The molecule has 62 valence electrons. The van der Waals surface area contributed by atoms with Gasteiger partial charge in [-0.25, -0.2) is 0 Å². The van der Waals surface area contributed by atoms with E-state index in [0.29, 0.717) is 6.54 Å². The highest BCUT2D eigenvalue weighted by molar-refractivity contribution is 9.11. The summed E-state index contributed by atoms with van der Waals surface area (Å²) < 4.78 is 2.15. The predicted molar refractivity (Wildman–Crippen MR) is 52.9 cm³/mol. The summed E-state index contributed by atoms with van der Waals surface area (Å²) in [5, 5.41) is 9.15. The van der Waals surface area contributed by atoms with Crippen molar-refractivity contribution in [3.05, 3.63) is 15.9 Å². The molecule has 0 aliphatic rings. The molecule has 1 unspecified atom stereocenters. The molecule has 0 fully saturated rings. The second-order valence-corrected chi connectivity index (χ2v) is 5.81. The van der Waals surface area contributed by atoms with Crippen LogP contribution in [0.15, 0.2) is 20.1 Å². The number of hydrogen-bond acceptors (Lipinski definition) is 4. The van der Waals surface area contributed by atoms with E-state index in [9.17, 15) is 0 Å². The van der Waals surface area contributed by atoms with E-state index in [0.717, 1.165) is 8.00 Å². The van der Waals surface area contributed by atoms with E-state index in [1.54, 1.807) is 11.3 Å². The maximum Gasteiger partial charge on any atom is 0.117 e. The molecule has 0 amide bonds. The Labute approximate surface area is 81.9 Å². The van der Waals surface area contributed by atoms with Crippen LogP contribution in [0.2, 0.25) is 0 Å². The Morgan fingerprint density at radius 2 is 2.45 bits per heavy atom. The Bertz CT molecular complexity index is 228. The summed E-state index contributed by atoms with van der Waals surface area (Å²) in [7, 11) is 0. The number of hydrogen-bond donors (Lipinski definition) is 2. The fraction of sp³-hybridized carbons (Fsp3) is 0.333. The van der Waals surface area contributed by atoms with E-state index in [4.69, 9.17) is 10.8 Å². The molecule has 2 nitrogen and oxygen atoms in total. The lowest BCUT2D eigenvalue weighted by molar-refractivity contribution is 0.271. The van der Waals surface area contributed by atoms with E-state index >= 15 is 0 Å². The van der Waals surface area contributed by atoms with Crippen molar-refractivity contribution in [1.82, 2.24) is 0 Å². The van der Waals surface area contributed by atoms with E-state index in [1.807, 2.05) is 12.1 Å². The molecular formula is C6H8BrNOS2. The standard InChI is InChI=1S/C6H8BrNOS2/c7-4-1-2-6(10-4)11-5(9)3-8/h1-2,5,9H,3,8H2. The number of nitrogens with two attached hydrogens (primary N) is 1. The molecule has 0 aromatic carbocycles. The fourth-order valence-corrected chi connectivity index (χ4v) is 3.29. The summed E-state index contributed by atoms with van der Waals surface area (Å²) in [6.45, 7) is 0.292. The van der Waals surface area contributed by atoms with Crippen LogP contribution in [0.5, 0.6) is 0 Å². The number of halogens is 1. The van der Waals surface area contributed by atoms with Crippen LogP contribution < -0.4 is 5.73 Å². The summed E-state index contributed by atoms with van der Waals surface area (Å²) in [6, 6.07) is 3.91. The van der Waals surface area contributed by atoms with Crippen molar-refractivity contribution < 1.29 is 5.11 Å². The minimum atomic E-state index is -0.486. The lowest BCUT2D eigenvalue weighted by Crippen LogP contribution is -2.14. The zero-order valence-corrected chi connectivity index (χ0v) is 8.88. The lowest BCUT2D eigenvalue weighted by Gasteiger charge is -2.03. The molecule has 11 heavy (non-hydrogen) atoms. The van der Waals surface area contributed by atoms with Crippen LogP contribution >= 0.6 is 39.0 Å². The molecule has 1 rings (SSSR count). The van der Waals surface area contributed by atoms with Crippen molar-refractivity contribution in [3.63, 3.8) is 0 Å². The van der Waals surface area contributed by atoms with Gasteiger partial charge in [0.15, 0.2) is 0 Å². The summed E-state index contributed by atoms with van der Waals surface area (Å²) in [4.78, 5) is 0. The zero-order valence-electron chi connectivity index (χ0n) is 5.66. The first-order valence-electron chi connectivity index (χ1n) is 3.02. The molecule has 0 bridgehead atoms. The average molecular weight is 254 g/mol. The van der Waals surface area contributed by atoms with Gasteiger partial charge in [0.1, 0.15) is 5.44 Å². The molecule has 1 atom stereocenters. The Hall–Kier alpha value is 0.450. The van der Waals surface area contributed by atoms with Gasteiger partial charge in [0, 0.05) is 6.54 Å². The molecule has 0 aliphatic carbocycles. The van der Waals surface area contributed by atoms with Crippen LogP contribution in [-0.4, -0.2) is 17.1 Å². The molecular weight excluding hydrogens is 246 g/mol. The summed E-state index contributed by atoms with van der Waals surface area (Å²) in [6.07, 6.45) is 0. The summed E-state index contributed by atoms with van der Waals surface area (Å²) in [5.41, 5.74) is 4.76. The van der Waals surface area contributed by atoms with Gasteiger partial charge >= 0.3 is 0 Å². The third kappa shape index (κ3) is 3.13. The second-order valence-electron chi connectivity index (χ2n) is 1.87. The smallest absolute Gasteiger partial charge is 0.117 e. The molecule has 3 N–H and O–H groups in total. The van der Waals surface area contributed by atoms with Gasteiger partial charge in [-0.05, 0) is 28.1 Å². The van der Waals surface area contributed by atoms with E-state index in [1.165, 1.54) is 11.8 Å². The Morgan fingerprint density at radius 1 is 1.73 bits per heavy atom. The van der Waals surface area contributed by atoms with Crippen molar-refractivity contribution in [3.8, 4) is 0 Å². The summed E-state index contributed by atoms with van der Waals surface area (Å²) >= 11 is 6.32. The van der Waals surface area contributed by atoms with Gasteiger partial charge < -0.3 is 10.8 Å². The quantitative estimate of drug-likeness (QED) is 0.639. The number of thiophene rings is 1. The maximum absolute atomic E-state index is 9.15. The minimum absolute atomic E-state index is 0.292. The first-order valence-corrected chi connectivity index (χ1v) is 5.51. The molecule has 1 aromatic heterocycles. The van der Waals surface area contributed by atoms with Crippen molar-refractivity contribution in [2.45, 2.75) is 9.65 Å². The molecule has 0 saturated carbocycles. The van der Waals surface area contributed by atoms with Crippen molar-refractivity contribution in [1.29, 1.82) is 0 Å². The first-order chi connectivity index (χ1) is 5.22. The highest BCUT2D eigenvalue weighted by Gasteiger charge is 2.04. The van der Waals surface area contributed by atoms with Gasteiger partial charge in [-0.1, -0.05) is 11.8 Å². The molecule has 1 heterocycles. The molecule has 1 aromatic rings. The van der Waals surface area contributed by atoms with Crippen LogP contribution in [0.1, 0.15) is 0 Å². The van der Waals surface area contributed by atoms with Crippen molar-refractivity contribution in [2.75, 3.05) is 6.54 Å². The number of rotatable bonds is 3. The average Bonchev–Trinajstić information content (AvgIpc) is 2.35. The van der Waals surface area contributed by atoms with Gasteiger partial charge in [-0.3, -0.25) is 0 Å². The van der Waals surface area contributed by atoms with E-state index in [2.05, 4.69) is 15.9 Å². The number of aliphatic hydroxyl groups excluding tert-OH is 1. The van der Waals surface area contributed by atoms with Crippen LogP contribution in [0.25, 0.3) is 0 Å².